The van der Waals surface area contributed by atoms with Gasteiger partial charge in [-0.15, -0.1) is 0 Å². The van der Waals surface area contributed by atoms with Gasteiger partial charge in [-0.2, -0.15) is 0 Å². The molecule has 0 bridgehead atoms. The van der Waals surface area contributed by atoms with Crippen molar-refractivity contribution >= 4 is 33.4 Å². The van der Waals surface area contributed by atoms with Gasteiger partial charge in [-0.1, -0.05) is 78.9 Å². The van der Waals surface area contributed by atoms with Crippen LogP contribution in [0.2, 0.25) is 0 Å². The lowest BCUT2D eigenvalue weighted by Crippen LogP contribution is -2.36. The van der Waals surface area contributed by atoms with Crippen molar-refractivity contribution in [2.75, 3.05) is 6.61 Å². The van der Waals surface area contributed by atoms with Gasteiger partial charge in [0.05, 0.1) is 5.56 Å². The molecule has 4 nitrogen and oxygen atoms in total. The molecule has 0 unspecified atom stereocenters. The van der Waals surface area contributed by atoms with Crippen LogP contribution in [-0.2, 0) is 16.0 Å². The Morgan fingerprint density at radius 1 is 0.839 bits per heavy atom. The Morgan fingerprint density at radius 2 is 1.42 bits per heavy atom. The van der Waals surface area contributed by atoms with E-state index in [1.165, 1.54) is 5.56 Å². The molecule has 0 aliphatic heterocycles. The monoisotopic (exact) mass is 411 g/mol. The quantitative estimate of drug-likeness (QED) is 0.332. The van der Waals surface area contributed by atoms with Crippen LogP contribution < -0.4 is 5.32 Å². The van der Waals surface area contributed by atoms with E-state index in [0.29, 0.717) is 5.56 Å². The van der Waals surface area contributed by atoms with Gasteiger partial charge in [0.2, 0.25) is 0 Å². The van der Waals surface area contributed by atoms with Crippen molar-refractivity contribution in [2.24, 2.45) is 0 Å². The predicted octanol–water partition coefficient (Wildman–Crippen LogP) is 5.29. The second-order valence-electron chi connectivity index (χ2n) is 7.76. The maximum Gasteiger partial charge on any atom is 0.339 e. The van der Waals surface area contributed by atoms with Crippen molar-refractivity contribution in [3.8, 4) is 0 Å². The molecule has 1 amide bonds. The minimum Gasteiger partial charge on any atom is -0.452 e. The molecule has 0 heterocycles. The van der Waals surface area contributed by atoms with E-state index in [-0.39, 0.29) is 18.6 Å². The van der Waals surface area contributed by atoms with E-state index in [0.717, 1.165) is 34.4 Å². The summed E-state index contributed by atoms with van der Waals surface area (Å²) in [7, 11) is 0. The van der Waals surface area contributed by atoms with Crippen LogP contribution in [0.3, 0.4) is 0 Å². The highest BCUT2D eigenvalue weighted by Crippen LogP contribution is 2.29. The van der Waals surface area contributed by atoms with E-state index in [9.17, 15) is 9.59 Å². The van der Waals surface area contributed by atoms with Crippen LogP contribution in [0.4, 0.5) is 0 Å². The fraction of sp³-hybridized carbons (Fsp3) is 0.185. The molecule has 4 aromatic rings. The number of carbonyl (C=O) groups excluding carboxylic acids is 2. The third-order valence-electron chi connectivity index (χ3n) is 5.43. The number of hydrogen-bond donors (Lipinski definition) is 1. The van der Waals surface area contributed by atoms with Crippen LogP contribution in [0.15, 0.2) is 84.9 Å². The van der Waals surface area contributed by atoms with E-state index >= 15 is 0 Å². The van der Waals surface area contributed by atoms with E-state index < -0.39 is 5.97 Å². The molecule has 0 fully saturated rings. The highest BCUT2D eigenvalue weighted by atomic mass is 16.5. The topological polar surface area (TPSA) is 55.4 Å². The van der Waals surface area contributed by atoms with Crippen LogP contribution in [0.1, 0.15) is 29.3 Å². The first-order valence-corrected chi connectivity index (χ1v) is 10.5. The number of nitrogens with one attached hydrogen (secondary N) is 1. The summed E-state index contributed by atoms with van der Waals surface area (Å²) in [5.74, 6) is -0.779. The van der Waals surface area contributed by atoms with Gasteiger partial charge in [0.25, 0.3) is 5.91 Å². The molecule has 31 heavy (non-hydrogen) atoms. The Labute approximate surface area is 181 Å². The zero-order valence-electron chi connectivity index (χ0n) is 17.5. The molecule has 4 rings (SSSR count). The largest absolute Gasteiger partial charge is 0.452 e. The Bertz CT molecular complexity index is 1160. The van der Waals surface area contributed by atoms with Crippen LogP contribution in [0, 0.1) is 0 Å². The third kappa shape index (κ3) is 4.92. The Morgan fingerprint density at radius 3 is 2.06 bits per heavy atom. The summed E-state index contributed by atoms with van der Waals surface area (Å²) in [6, 6.07) is 27.6. The summed E-state index contributed by atoms with van der Waals surface area (Å²) >= 11 is 0. The summed E-state index contributed by atoms with van der Waals surface area (Å²) in [5, 5.41) is 6.49. The number of amides is 1. The first-order valence-electron chi connectivity index (χ1n) is 10.5. The standard InChI is InChI=1S/C27H25NO3/c1-19(15-16-20-9-3-2-4-10-20)28-25(29)18-31-27(30)26-23-13-7-5-11-21(23)17-22-12-6-8-14-24(22)26/h2-14,17,19H,15-16,18H2,1H3,(H,28,29)/t19-/m1/s1. The number of aryl methyl sites for hydroxylation is 1. The first kappa shape index (κ1) is 20.6. The number of hydrogen-bond acceptors (Lipinski definition) is 3. The van der Waals surface area contributed by atoms with Gasteiger partial charge in [0.1, 0.15) is 0 Å². The summed E-state index contributed by atoms with van der Waals surface area (Å²) in [6.07, 6.45) is 1.70. The lowest BCUT2D eigenvalue weighted by molar-refractivity contribution is -0.124. The molecule has 0 aliphatic carbocycles. The van der Waals surface area contributed by atoms with E-state index in [1.807, 2.05) is 73.7 Å². The van der Waals surface area contributed by atoms with Gasteiger partial charge in [-0.3, -0.25) is 4.79 Å². The molecule has 0 radical (unpaired) electrons. The summed E-state index contributed by atoms with van der Waals surface area (Å²) in [6.45, 7) is 1.66. The Hall–Kier alpha value is -3.66. The van der Waals surface area contributed by atoms with Crippen LogP contribution in [-0.4, -0.2) is 24.5 Å². The fourth-order valence-corrected chi connectivity index (χ4v) is 3.85. The normalized spacial score (nSPS) is 11.9. The molecule has 0 aromatic heterocycles. The van der Waals surface area contributed by atoms with Gasteiger partial charge < -0.3 is 10.1 Å². The summed E-state index contributed by atoms with van der Waals surface area (Å²) < 4.78 is 5.42. The average Bonchev–Trinajstić information content (AvgIpc) is 2.80. The molecule has 0 saturated carbocycles. The Balaban J connectivity index is 1.41. The third-order valence-corrected chi connectivity index (χ3v) is 5.43. The number of ether oxygens (including phenoxy) is 1. The smallest absolute Gasteiger partial charge is 0.339 e. The molecular formula is C27H25NO3. The number of benzene rings is 4. The number of carbonyl (C=O) groups is 2. The number of rotatable bonds is 7. The zero-order chi connectivity index (χ0) is 21.6. The molecule has 4 aromatic carbocycles. The minimum absolute atomic E-state index is 0.00945. The van der Waals surface area contributed by atoms with E-state index in [2.05, 4.69) is 23.5 Å². The minimum atomic E-state index is -0.486. The van der Waals surface area contributed by atoms with Crippen molar-refractivity contribution in [1.29, 1.82) is 0 Å². The number of fused-ring (bicyclic) bond motifs is 2. The van der Waals surface area contributed by atoms with Gasteiger partial charge in [-0.05, 0) is 52.9 Å². The van der Waals surface area contributed by atoms with Gasteiger partial charge in [0, 0.05) is 6.04 Å². The molecule has 1 atom stereocenters. The molecule has 156 valence electrons. The van der Waals surface area contributed by atoms with Crippen LogP contribution in [0.5, 0.6) is 0 Å². The molecule has 4 heteroatoms. The van der Waals surface area contributed by atoms with Crippen molar-refractivity contribution in [1.82, 2.24) is 5.32 Å². The second-order valence-corrected chi connectivity index (χ2v) is 7.76. The molecular weight excluding hydrogens is 386 g/mol. The Kier molecular flexibility index (Phi) is 6.27. The van der Waals surface area contributed by atoms with Crippen molar-refractivity contribution < 1.29 is 14.3 Å². The first-order chi connectivity index (χ1) is 15.1. The van der Waals surface area contributed by atoms with Crippen molar-refractivity contribution in [3.05, 3.63) is 96.1 Å². The van der Waals surface area contributed by atoms with Gasteiger partial charge in [0.15, 0.2) is 6.61 Å². The maximum absolute atomic E-state index is 13.0. The molecule has 1 N–H and O–H groups in total. The van der Waals surface area contributed by atoms with Crippen LogP contribution in [0.25, 0.3) is 21.5 Å². The number of esters is 1. The summed E-state index contributed by atoms with van der Waals surface area (Å²) in [5.41, 5.74) is 1.73. The van der Waals surface area contributed by atoms with E-state index in [4.69, 9.17) is 4.74 Å². The zero-order valence-corrected chi connectivity index (χ0v) is 17.5. The lowest BCUT2D eigenvalue weighted by Gasteiger charge is -2.15. The van der Waals surface area contributed by atoms with E-state index in [1.54, 1.807) is 0 Å². The van der Waals surface area contributed by atoms with Crippen LogP contribution >= 0.6 is 0 Å². The lowest BCUT2D eigenvalue weighted by atomic mass is 9.97. The van der Waals surface area contributed by atoms with Gasteiger partial charge in [-0.25, -0.2) is 4.79 Å². The SMILES string of the molecule is C[C@H](CCc1ccccc1)NC(=O)COC(=O)c1c2ccccc2cc2ccccc12. The predicted molar refractivity (Wildman–Crippen MR) is 124 cm³/mol. The highest BCUT2D eigenvalue weighted by molar-refractivity contribution is 6.16. The molecule has 0 aliphatic rings. The van der Waals surface area contributed by atoms with Gasteiger partial charge >= 0.3 is 5.97 Å². The van der Waals surface area contributed by atoms with Crippen molar-refractivity contribution in [2.45, 2.75) is 25.8 Å². The maximum atomic E-state index is 13.0. The second kappa shape index (κ2) is 9.43. The average molecular weight is 412 g/mol. The molecule has 0 spiro atoms. The summed E-state index contributed by atoms with van der Waals surface area (Å²) in [4.78, 5) is 25.3. The highest BCUT2D eigenvalue weighted by Gasteiger charge is 2.18. The fourth-order valence-electron chi connectivity index (χ4n) is 3.85. The molecule has 0 saturated heterocycles. The van der Waals surface area contributed by atoms with Crippen molar-refractivity contribution in [3.63, 3.8) is 0 Å².